The van der Waals surface area contributed by atoms with Crippen LogP contribution in [0.3, 0.4) is 0 Å². The Morgan fingerprint density at radius 1 is 0.376 bits per heavy atom. The average Bonchev–Trinajstić information content (AvgIpc) is 1.76. The van der Waals surface area contributed by atoms with Gasteiger partial charge in [-0.05, 0) is 154 Å². The molecule has 12 heterocycles. The summed E-state index contributed by atoms with van der Waals surface area (Å²) in [6, 6.07) is 54.9. The highest BCUT2D eigenvalue weighted by Gasteiger charge is 2.24. The Hall–Kier alpha value is -14.1. The van der Waals surface area contributed by atoms with Gasteiger partial charge in [0.15, 0.2) is 23.3 Å². The molecule has 4 aliphatic heterocycles. The molecule has 8 aromatic heterocycles. The standard InChI is InChI=1S/C24H32N8O3.C22H29N7O2.C20H20N8O2.C20H25N7O2/c25-23-28-24(29-32(23)22-4-1-2-7-26-22)27-20-6-5-19(18-21(20)31-11-16-34-17-12-31)35-13-3-8-30-9-14-33-15-10-30;1-16-14-28(15-17(2)31-16)12-5-13-30-19-9-7-18(8-10-19)25-22-26-21(23)29(27-22)20-6-3-4-11-24-20;1-29-14-8-9-15(16(10-14)30-2)25-20-26-19(21)28(27-20)18-11-17(22-12-23-18)24-13-6-4-3-5-7-13;21-19-24-20(25-27(19)18-4-1-2-9-22-18)23-16-5-7-17(8-6-16)29-13-3-10-26-11-14-28-15-12-26/h1-2,4-7,18H,3,8-17H2,(H3,25,27,28,29);3-4,6-11,16-17H,5,12-15H2,1-2H3,(H3,23,25,26,27);3-12H,1-2H3,(H,22,23,24)(H3,21,25,26,27);1-2,4-9H,3,10-15H2,(H3,21,23,24,25). The van der Waals surface area contributed by atoms with Crippen LogP contribution in [0.5, 0.6) is 28.7 Å². The summed E-state index contributed by atoms with van der Waals surface area (Å²) >= 11 is 0. The second kappa shape index (κ2) is 44.6. The van der Waals surface area contributed by atoms with E-state index in [0.29, 0.717) is 115 Å². The Balaban J connectivity index is 0.000000136. The van der Waals surface area contributed by atoms with Crippen molar-refractivity contribution in [2.75, 3.05) is 200 Å². The van der Waals surface area contributed by atoms with Crippen LogP contribution in [0, 0.1) is 0 Å². The summed E-state index contributed by atoms with van der Waals surface area (Å²) in [5, 5.41) is 33.6. The van der Waals surface area contributed by atoms with Crippen LogP contribution in [0.25, 0.3) is 23.3 Å². The molecule has 125 heavy (non-hydrogen) atoms. The lowest BCUT2D eigenvalue weighted by Gasteiger charge is -2.35. The highest BCUT2D eigenvalue weighted by molar-refractivity contribution is 5.76. The fourth-order valence-corrected chi connectivity index (χ4v) is 13.8. The number of rotatable bonds is 32. The Morgan fingerprint density at radius 2 is 0.784 bits per heavy atom. The van der Waals surface area contributed by atoms with Gasteiger partial charge in [0, 0.05) is 126 Å². The van der Waals surface area contributed by atoms with Crippen LogP contribution >= 0.6 is 0 Å². The third-order valence-corrected chi connectivity index (χ3v) is 19.9. The van der Waals surface area contributed by atoms with Crippen molar-refractivity contribution >= 4 is 87.5 Å². The lowest BCUT2D eigenvalue weighted by Crippen LogP contribution is -2.45. The van der Waals surface area contributed by atoms with Crippen molar-refractivity contribution in [2.24, 2.45) is 0 Å². The smallest absolute Gasteiger partial charge is 0.249 e. The van der Waals surface area contributed by atoms with Gasteiger partial charge >= 0.3 is 0 Å². The summed E-state index contributed by atoms with van der Waals surface area (Å²) in [4.78, 5) is 48.0. The van der Waals surface area contributed by atoms with Gasteiger partial charge in [-0.3, -0.25) is 14.7 Å². The number of nitrogen functional groups attached to an aromatic ring is 4. The maximum atomic E-state index is 6.11. The topological polar surface area (TPSA) is 448 Å². The van der Waals surface area contributed by atoms with E-state index < -0.39 is 0 Å². The lowest BCUT2D eigenvalue weighted by molar-refractivity contribution is -0.0686. The number of hydrogen-bond acceptors (Lipinski definition) is 35. The van der Waals surface area contributed by atoms with E-state index in [1.165, 1.54) is 25.1 Å². The number of benzene rings is 5. The molecule has 17 rings (SSSR count). The molecule has 13 aromatic rings. The first-order valence-electron chi connectivity index (χ1n) is 41.4. The zero-order valence-electron chi connectivity index (χ0n) is 70.3. The van der Waals surface area contributed by atoms with E-state index in [-0.39, 0.29) is 23.8 Å². The number of hydrogen-bond donors (Lipinski definition) is 9. The molecule has 39 heteroatoms. The first kappa shape index (κ1) is 87.3. The number of methoxy groups -OCH3 is 2. The summed E-state index contributed by atoms with van der Waals surface area (Å²) in [6.45, 7) is 21.6. The molecule has 0 saturated carbocycles. The van der Waals surface area contributed by atoms with Crippen molar-refractivity contribution in [3.05, 3.63) is 201 Å². The van der Waals surface area contributed by atoms with Gasteiger partial charge in [0.2, 0.25) is 47.6 Å². The largest absolute Gasteiger partial charge is 0.497 e. The first-order valence-corrected chi connectivity index (χ1v) is 41.4. The van der Waals surface area contributed by atoms with Crippen molar-refractivity contribution in [1.82, 2.24) is 98.7 Å². The number of pyridine rings is 3. The fourth-order valence-electron chi connectivity index (χ4n) is 13.8. The fraction of sp³-hybridized carbons (Fsp3) is 0.337. The maximum Gasteiger partial charge on any atom is 0.249 e. The van der Waals surface area contributed by atoms with Gasteiger partial charge in [-0.15, -0.1) is 20.4 Å². The average molecular weight is 1700 g/mol. The van der Waals surface area contributed by atoms with E-state index in [2.05, 4.69) is 131 Å². The number of nitrogens with zero attached hydrogens (tertiary/aromatic N) is 21. The van der Waals surface area contributed by atoms with Gasteiger partial charge in [-0.25, -0.2) is 24.9 Å². The molecular formula is C86H106N30O9. The molecule has 654 valence electrons. The third kappa shape index (κ3) is 25.8. The molecular weight excluding hydrogens is 1600 g/mol. The second-order valence-electron chi connectivity index (χ2n) is 29.1. The number of anilines is 15. The molecule has 2 atom stereocenters. The van der Waals surface area contributed by atoms with Crippen molar-refractivity contribution < 1.29 is 42.6 Å². The number of nitrogens with one attached hydrogen (secondary N) is 5. The van der Waals surface area contributed by atoms with Crippen molar-refractivity contribution in [3.63, 3.8) is 0 Å². The minimum atomic E-state index is 0.175. The first-order chi connectivity index (χ1) is 61.3. The SMILES string of the molecule is CC1CN(CCCOc2ccc(Nc3nc(N)n(-c4ccccn4)n3)cc2)CC(C)O1.COc1ccc(Nc2nc(N)n(-c3cc(Nc4ccccc4)ncn3)n2)c(OC)c1.Nc1nc(Nc2ccc(OCCCN3CCOCC3)cc2)nn1-c1ccccn1.Nc1nc(Nc2ccc(OCCCN3CCOCC3)cc2N2CCOCC2)nn1-c1ccccn1. The van der Waals surface area contributed by atoms with Crippen LogP contribution < -0.4 is 78.1 Å². The summed E-state index contributed by atoms with van der Waals surface area (Å²) in [7, 11) is 3.16. The third-order valence-electron chi connectivity index (χ3n) is 19.9. The summed E-state index contributed by atoms with van der Waals surface area (Å²) in [6.07, 6.45) is 10.0. The molecule has 0 spiro atoms. The molecule has 5 aromatic carbocycles. The zero-order chi connectivity index (χ0) is 86.3. The number of morpholine rings is 4. The summed E-state index contributed by atoms with van der Waals surface area (Å²) in [5.74, 6) is 9.19. The number of aromatic nitrogens is 17. The molecule has 0 amide bonds. The summed E-state index contributed by atoms with van der Waals surface area (Å²) < 4.78 is 56.5. The molecule has 13 N–H and O–H groups in total. The minimum Gasteiger partial charge on any atom is -0.497 e. The van der Waals surface area contributed by atoms with Gasteiger partial charge in [-0.2, -0.15) is 38.7 Å². The highest BCUT2D eigenvalue weighted by atomic mass is 16.5. The van der Waals surface area contributed by atoms with Crippen LogP contribution in [0.4, 0.5) is 87.5 Å². The van der Waals surface area contributed by atoms with E-state index in [0.717, 1.165) is 163 Å². The molecule has 0 aliphatic carbocycles. The minimum absolute atomic E-state index is 0.175. The van der Waals surface area contributed by atoms with E-state index in [1.54, 1.807) is 57.1 Å². The van der Waals surface area contributed by atoms with Gasteiger partial charge < -0.3 is 97.1 Å². The molecule has 39 nitrogen and oxygen atoms in total. The van der Waals surface area contributed by atoms with Crippen LogP contribution in [0.15, 0.2) is 201 Å². The summed E-state index contributed by atoms with van der Waals surface area (Å²) in [5.41, 5.74) is 29.3. The van der Waals surface area contributed by atoms with Crippen molar-refractivity contribution in [3.8, 4) is 52.0 Å². The van der Waals surface area contributed by atoms with Crippen LogP contribution in [0.2, 0.25) is 0 Å². The molecule has 4 fully saturated rings. The Kier molecular flexibility index (Phi) is 31.2. The quantitative estimate of drug-likeness (QED) is 0.0177. The van der Waals surface area contributed by atoms with Gasteiger partial charge in [0.05, 0.1) is 103 Å². The van der Waals surface area contributed by atoms with E-state index >= 15 is 0 Å². The maximum absolute atomic E-state index is 6.11. The Bertz CT molecular complexity index is 5400. The monoisotopic (exact) mass is 1700 g/mol. The molecule has 2 unspecified atom stereocenters. The molecule has 0 radical (unpaired) electrons. The zero-order valence-corrected chi connectivity index (χ0v) is 70.3. The van der Waals surface area contributed by atoms with E-state index in [9.17, 15) is 0 Å². The number of para-hydroxylation sites is 1. The van der Waals surface area contributed by atoms with Crippen molar-refractivity contribution in [1.29, 1.82) is 0 Å². The van der Waals surface area contributed by atoms with Crippen LogP contribution in [-0.2, 0) is 18.9 Å². The van der Waals surface area contributed by atoms with Gasteiger partial charge in [-0.1, -0.05) is 36.4 Å². The lowest BCUT2D eigenvalue weighted by atomic mass is 10.2. The highest BCUT2D eigenvalue weighted by Crippen LogP contribution is 2.35. The predicted molar refractivity (Wildman–Crippen MR) is 478 cm³/mol. The predicted octanol–water partition coefficient (Wildman–Crippen LogP) is 10.0. The molecule has 4 aliphatic rings. The normalized spacial score (nSPS) is 15.4. The molecule has 0 bridgehead atoms. The van der Waals surface area contributed by atoms with Crippen molar-refractivity contribution in [2.45, 2.75) is 45.3 Å². The van der Waals surface area contributed by atoms with E-state index in [4.69, 9.17) is 65.6 Å². The van der Waals surface area contributed by atoms with E-state index in [1.807, 2.05) is 146 Å². The number of nitrogens with two attached hydrogens (primary N) is 4. The molecule has 4 saturated heterocycles. The van der Waals surface area contributed by atoms with Crippen LogP contribution in [0.1, 0.15) is 33.1 Å². The van der Waals surface area contributed by atoms with Gasteiger partial charge in [0.25, 0.3) is 0 Å². The Labute approximate surface area is 723 Å². The van der Waals surface area contributed by atoms with Crippen LogP contribution in [-0.4, -0.2) is 257 Å². The van der Waals surface area contributed by atoms with Gasteiger partial charge in [0.1, 0.15) is 40.9 Å². The number of ether oxygens (including phenoxy) is 9. The second-order valence-corrected chi connectivity index (χ2v) is 29.1. The Morgan fingerprint density at radius 3 is 1.25 bits per heavy atom.